The number of sulfone groups is 1. The summed E-state index contributed by atoms with van der Waals surface area (Å²) in [5, 5.41) is 17.9. The second-order valence-corrected chi connectivity index (χ2v) is 8.96. The molecule has 1 aliphatic rings. The zero-order valence-corrected chi connectivity index (χ0v) is 16.5. The summed E-state index contributed by atoms with van der Waals surface area (Å²) in [7, 11) is -2.47. The van der Waals surface area contributed by atoms with E-state index in [4.69, 9.17) is 4.52 Å². The largest absolute Gasteiger partial charge is 0.375 e. The average Bonchev–Trinajstić information content (AvgIpc) is 3.13. The van der Waals surface area contributed by atoms with Gasteiger partial charge >= 0.3 is 0 Å². The van der Waals surface area contributed by atoms with Crippen LogP contribution in [0.5, 0.6) is 0 Å². The first kappa shape index (κ1) is 19.7. The van der Waals surface area contributed by atoms with Gasteiger partial charge in [-0.25, -0.2) is 18.4 Å². The van der Waals surface area contributed by atoms with Crippen LogP contribution in [0.3, 0.4) is 0 Å². The van der Waals surface area contributed by atoms with E-state index in [-0.39, 0.29) is 11.3 Å². The third kappa shape index (κ3) is 2.82. The predicted molar refractivity (Wildman–Crippen MR) is 98.5 cm³/mol. The lowest BCUT2D eigenvalue weighted by Crippen LogP contribution is -2.58. The highest BCUT2D eigenvalue weighted by Gasteiger charge is 2.69. The summed E-state index contributed by atoms with van der Waals surface area (Å²) in [6.45, 7) is 3.78. The summed E-state index contributed by atoms with van der Waals surface area (Å²) < 4.78 is 29.4. The molecule has 8 nitrogen and oxygen atoms in total. The van der Waals surface area contributed by atoms with Crippen molar-refractivity contribution < 1.29 is 22.8 Å². The molecule has 1 saturated heterocycles. The van der Waals surface area contributed by atoms with Crippen molar-refractivity contribution in [1.29, 1.82) is 0 Å². The van der Waals surface area contributed by atoms with Crippen molar-refractivity contribution in [1.82, 2.24) is 15.2 Å². The number of hydrogen-bond acceptors (Lipinski definition) is 8. The molecule has 146 valence electrons. The van der Waals surface area contributed by atoms with E-state index in [0.717, 1.165) is 6.26 Å². The fourth-order valence-corrected chi connectivity index (χ4v) is 5.52. The number of aliphatic hydroxyl groups excluding tert-OH is 1. The molecule has 1 aromatic heterocycles. The minimum atomic E-state index is -4.10. The number of carbonyl (C=O) groups excluding carboxylic acids is 1. The van der Waals surface area contributed by atoms with Gasteiger partial charge in [0.15, 0.2) is 26.1 Å². The van der Waals surface area contributed by atoms with Crippen molar-refractivity contribution in [2.24, 2.45) is 0 Å². The molecule has 2 heterocycles. The zero-order chi connectivity index (χ0) is 20.0. The van der Waals surface area contributed by atoms with Gasteiger partial charge in [0.2, 0.25) is 0 Å². The van der Waals surface area contributed by atoms with Gasteiger partial charge in [0.1, 0.15) is 12.3 Å². The lowest BCUT2D eigenvalue weighted by atomic mass is 9.87. The molecule has 0 radical (unpaired) electrons. The normalized spacial score (nSPS) is 27.1. The molecule has 1 fully saturated rings. The first-order valence-corrected chi connectivity index (χ1v) is 10.5. The molecule has 1 aliphatic heterocycles. The number of benzene rings is 1. The number of hydrogen-bond donors (Lipinski definition) is 1. The Morgan fingerprint density at radius 1 is 1.33 bits per heavy atom. The number of aromatic nitrogens is 1. The van der Waals surface area contributed by atoms with Crippen LogP contribution < -0.4 is 0 Å². The molecule has 1 N–H and O–H groups in total. The third-order valence-electron chi connectivity index (χ3n) is 5.10. The maximum atomic E-state index is 13.6. The number of ketones is 1. The Bertz CT molecular complexity index is 943. The highest BCUT2D eigenvalue weighted by Crippen LogP contribution is 2.49. The van der Waals surface area contributed by atoms with Gasteiger partial charge < -0.3 is 9.63 Å². The van der Waals surface area contributed by atoms with Gasteiger partial charge in [0.25, 0.3) is 0 Å². The molecule has 3 rings (SSSR count). The molecular formula is C18H23N3O5S. The molecule has 1 aromatic carbocycles. The average molecular weight is 393 g/mol. The van der Waals surface area contributed by atoms with E-state index in [1.165, 1.54) is 5.01 Å². The van der Waals surface area contributed by atoms with E-state index >= 15 is 0 Å². The molecule has 0 aliphatic carbocycles. The first-order valence-electron chi connectivity index (χ1n) is 8.56. The summed E-state index contributed by atoms with van der Waals surface area (Å²) in [5.41, 5.74) is 0.756. The molecule has 2 aromatic rings. The lowest BCUT2D eigenvalue weighted by molar-refractivity contribution is -0.0782. The maximum absolute atomic E-state index is 13.6. The van der Waals surface area contributed by atoms with Crippen molar-refractivity contribution in [3.63, 3.8) is 0 Å². The maximum Gasteiger partial charge on any atom is 0.199 e. The van der Waals surface area contributed by atoms with Gasteiger partial charge in [0.05, 0.1) is 5.69 Å². The topological polar surface area (TPSA) is 104 Å². The van der Waals surface area contributed by atoms with E-state index in [9.17, 15) is 18.3 Å². The quantitative estimate of drug-likeness (QED) is 0.756. The van der Waals surface area contributed by atoms with Gasteiger partial charge in [0, 0.05) is 31.5 Å². The van der Waals surface area contributed by atoms with E-state index < -0.39 is 32.6 Å². The van der Waals surface area contributed by atoms with Crippen molar-refractivity contribution in [2.45, 2.75) is 30.9 Å². The van der Waals surface area contributed by atoms with Crippen molar-refractivity contribution in [3.05, 3.63) is 53.4 Å². The fourth-order valence-electron chi connectivity index (χ4n) is 3.88. The summed E-state index contributed by atoms with van der Waals surface area (Å²) in [6.07, 6.45) is -0.606. The fraction of sp³-hybridized carbons (Fsp3) is 0.444. The highest BCUT2D eigenvalue weighted by molar-refractivity contribution is 7.93. The predicted octanol–water partition coefficient (Wildman–Crippen LogP) is 1.19. The standard InChI is InChI=1S/C18H23N3O5S/c1-5-21-17(23)18(27(4,24)25,16(22)13-9-7-6-8-10-13)15(20(21)3)14-11-12(2)19-26-14/h6-11,15,17,23H,5H2,1-4H3. The van der Waals surface area contributed by atoms with Crippen LogP contribution >= 0.6 is 0 Å². The number of aryl methyl sites for hydroxylation is 1. The van der Waals surface area contributed by atoms with E-state index in [1.54, 1.807) is 62.3 Å². The minimum Gasteiger partial charge on any atom is -0.375 e. The van der Waals surface area contributed by atoms with Gasteiger partial charge in [-0.05, 0) is 6.92 Å². The van der Waals surface area contributed by atoms with Crippen LogP contribution in [0.2, 0.25) is 0 Å². The molecule has 3 atom stereocenters. The van der Waals surface area contributed by atoms with Crippen LogP contribution in [0.15, 0.2) is 40.9 Å². The molecule has 0 amide bonds. The molecule has 0 bridgehead atoms. The Kier molecular flexibility index (Phi) is 4.98. The molecule has 9 heteroatoms. The lowest BCUT2D eigenvalue weighted by Gasteiger charge is -2.33. The van der Waals surface area contributed by atoms with Crippen LogP contribution in [0, 0.1) is 6.92 Å². The van der Waals surface area contributed by atoms with E-state index in [1.807, 2.05) is 0 Å². The number of Topliss-reactive ketones (excluding diaryl/α,β-unsaturated/α-hetero) is 1. The number of nitrogens with zero attached hydrogens (tertiary/aromatic N) is 3. The number of aliphatic hydroxyl groups is 1. The van der Waals surface area contributed by atoms with Gasteiger partial charge in [-0.2, -0.15) is 0 Å². The second-order valence-electron chi connectivity index (χ2n) is 6.74. The van der Waals surface area contributed by atoms with Crippen LogP contribution in [-0.4, -0.2) is 65.3 Å². The van der Waals surface area contributed by atoms with Crippen LogP contribution in [0.25, 0.3) is 0 Å². The smallest absolute Gasteiger partial charge is 0.199 e. The van der Waals surface area contributed by atoms with Gasteiger partial charge in [-0.3, -0.25) is 4.79 Å². The number of rotatable bonds is 5. The molecule has 0 saturated carbocycles. The Morgan fingerprint density at radius 3 is 2.44 bits per heavy atom. The van der Waals surface area contributed by atoms with Crippen LogP contribution in [-0.2, 0) is 9.84 Å². The van der Waals surface area contributed by atoms with E-state index in [0.29, 0.717) is 12.2 Å². The zero-order valence-electron chi connectivity index (χ0n) is 15.7. The Labute approximate surface area is 158 Å². The van der Waals surface area contributed by atoms with Crippen LogP contribution in [0.1, 0.15) is 34.8 Å². The van der Waals surface area contributed by atoms with Crippen molar-refractivity contribution in [2.75, 3.05) is 19.8 Å². The first-order chi connectivity index (χ1) is 12.7. The van der Waals surface area contributed by atoms with Gasteiger partial charge in [-0.1, -0.05) is 42.4 Å². The molecule has 0 spiro atoms. The molecule has 27 heavy (non-hydrogen) atoms. The minimum absolute atomic E-state index is 0.203. The summed E-state index contributed by atoms with van der Waals surface area (Å²) in [4.78, 5) is 13.6. The summed E-state index contributed by atoms with van der Waals surface area (Å²) in [5.74, 6) is -0.473. The SMILES string of the molecule is CCN1C(O)C(C(=O)c2ccccc2)(S(C)(=O)=O)C(c2cc(C)no2)N1C. The van der Waals surface area contributed by atoms with Crippen LogP contribution in [0.4, 0.5) is 0 Å². The monoisotopic (exact) mass is 393 g/mol. The van der Waals surface area contributed by atoms with Gasteiger partial charge in [-0.15, -0.1) is 0 Å². The van der Waals surface area contributed by atoms with Crippen molar-refractivity contribution >= 4 is 15.6 Å². The Morgan fingerprint density at radius 2 is 1.96 bits per heavy atom. The van der Waals surface area contributed by atoms with E-state index in [2.05, 4.69) is 5.16 Å². The summed E-state index contributed by atoms with van der Waals surface area (Å²) >= 11 is 0. The second kappa shape index (κ2) is 6.83. The van der Waals surface area contributed by atoms with Crippen molar-refractivity contribution in [3.8, 4) is 0 Å². The summed E-state index contributed by atoms with van der Waals surface area (Å²) in [6, 6.07) is 8.65. The molecule has 3 unspecified atom stereocenters. The Hall–Kier alpha value is -2.07. The Balaban J connectivity index is 2.32. The third-order valence-corrected chi connectivity index (χ3v) is 6.94. The highest BCUT2D eigenvalue weighted by atomic mass is 32.2. The molecular weight excluding hydrogens is 370 g/mol. The number of carbonyl (C=O) groups is 1. The number of hydrazine groups is 1.